The largest absolute Gasteiger partial charge is 0.367 e. The zero-order valence-corrected chi connectivity index (χ0v) is 14.4. The number of nitrogens with zero attached hydrogens (tertiary/aromatic N) is 2. The van der Waals surface area contributed by atoms with Crippen LogP contribution >= 0.6 is 23.4 Å². The van der Waals surface area contributed by atoms with Crippen LogP contribution in [0.25, 0.3) is 0 Å². The number of aromatic nitrogens is 1. The normalized spacial score (nSPS) is 18.0. The number of piperidine rings is 1. The summed E-state index contributed by atoms with van der Waals surface area (Å²) >= 11 is 12.0. The third kappa shape index (κ3) is 4.67. The van der Waals surface area contributed by atoms with Crippen molar-refractivity contribution in [3.8, 4) is 0 Å². The highest BCUT2D eigenvalue weighted by Gasteiger charge is 2.22. The first kappa shape index (κ1) is 16.7. The Morgan fingerprint density at radius 3 is 2.52 bits per heavy atom. The molecule has 1 aromatic carbocycles. The summed E-state index contributed by atoms with van der Waals surface area (Å²) in [6.45, 7) is 2.56. The van der Waals surface area contributed by atoms with Crippen LogP contribution in [0.2, 0.25) is 5.02 Å². The van der Waals surface area contributed by atoms with Crippen molar-refractivity contribution in [1.82, 2.24) is 9.40 Å². The van der Waals surface area contributed by atoms with Gasteiger partial charge in [-0.05, 0) is 60.4 Å². The molecule has 0 bridgehead atoms. The van der Waals surface area contributed by atoms with Gasteiger partial charge in [-0.3, -0.25) is 4.98 Å². The maximum absolute atomic E-state index is 6.26. The highest BCUT2D eigenvalue weighted by Crippen LogP contribution is 2.28. The lowest BCUT2D eigenvalue weighted by atomic mass is 9.99. The van der Waals surface area contributed by atoms with E-state index in [1.54, 1.807) is 6.20 Å². The third-order valence-electron chi connectivity index (χ3n) is 4.19. The molecule has 0 aliphatic carbocycles. The van der Waals surface area contributed by atoms with E-state index in [1.807, 2.05) is 46.9 Å². The van der Waals surface area contributed by atoms with Crippen molar-refractivity contribution in [2.75, 3.05) is 19.7 Å². The Labute approximate surface area is 147 Å². The van der Waals surface area contributed by atoms with Gasteiger partial charge in [0.25, 0.3) is 0 Å². The molecule has 1 fully saturated rings. The SMILES string of the molecule is Clc1ccc(C(OCC2CCN(Cl)CC2)c2ccccn2)cc1. The van der Waals surface area contributed by atoms with Gasteiger partial charge >= 0.3 is 0 Å². The molecule has 5 heteroatoms. The van der Waals surface area contributed by atoms with Gasteiger partial charge in [-0.1, -0.05) is 29.8 Å². The minimum Gasteiger partial charge on any atom is -0.367 e. The van der Waals surface area contributed by atoms with E-state index in [0.29, 0.717) is 12.5 Å². The van der Waals surface area contributed by atoms with Crippen LogP contribution < -0.4 is 0 Å². The molecule has 3 nitrogen and oxygen atoms in total. The number of ether oxygens (including phenoxy) is 1. The second-order valence-electron chi connectivity index (χ2n) is 5.87. The van der Waals surface area contributed by atoms with E-state index in [4.69, 9.17) is 28.1 Å². The Hall–Kier alpha value is -1.13. The molecule has 0 radical (unpaired) electrons. The Morgan fingerprint density at radius 2 is 1.87 bits per heavy atom. The van der Waals surface area contributed by atoms with Crippen molar-refractivity contribution < 1.29 is 4.74 Å². The molecule has 122 valence electrons. The fraction of sp³-hybridized carbons (Fsp3) is 0.389. The molecular weight excluding hydrogens is 331 g/mol. The first-order valence-corrected chi connectivity index (χ1v) is 8.62. The number of hydrogen-bond donors (Lipinski definition) is 0. The summed E-state index contributed by atoms with van der Waals surface area (Å²) in [6, 6.07) is 13.7. The van der Waals surface area contributed by atoms with Crippen LogP contribution in [0.3, 0.4) is 0 Å². The first-order chi connectivity index (χ1) is 11.2. The summed E-state index contributed by atoms with van der Waals surface area (Å²) in [5, 5.41) is 0.725. The quantitative estimate of drug-likeness (QED) is 0.730. The smallest absolute Gasteiger partial charge is 0.124 e. The van der Waals surface area contributed by atoms with Gasteiger partial charge in [-0.25, -0.2) is 4.42 Å². The Bertz CT molecular complexity index is 598. The van der Waals surface area contributed by atoms with E-state index < -0.39 is 0 Å². The summed E-state index contributed by atoms with van der Waals surface area (Å²) in [6.07, 6.45) is 3.77. The number of rotatable bonds is 5. The van der Waals surface area contributed by atoms with Gasteiger partial charge in [0, 0.05) is 24.3 Å². The lowest BCUT2D eigenvalue weighted by Crippen LogP contribution is -2.29. The van der Waals surface area contributed by atoms with Crippen LogP contribution in [0.1, 0.15) is 30.2 Å². The Morgan fingerprint density at radius 1 is 1.13 bits per heavy atom. The summed E-state index contributed by atoms with van der Waals surface area (Å²) in [5.74, 6) is 0.545. The minimum absolute atomic E-state index is 0.164. The third-order valence-corrected chi connectivity index (χ3v) is 4.78. The van der Waals surface area contributed by atoms with Crippen LogP contribution in [0.5, 0.6) is 0 Å². The molecule has 3 rings (SSSR count). The number of benzene rings is 1. The lowest BCUT2D eigenvalue weighted by molar-refractivity contribution is 0.0365. The van der Waals surface area contributed by atoms with E-state index in [0.717, 1.165) is 42.2 Å². The molecule has 1 saturated heterocycles. The van der Waals surface area contributed by atoms with E-state index in [-0.39, 0.29) is 6.10 Å². The molecule has 0 amide bonds. The van der Waals surface area contributed by atoms with Gasteiger partial charge in [-0.15, -0.1) is 0 Å². The van der Waals surface area contributed by atoms with Crippen LogP contribution in [0, 0.1) is 5.92 Å². The van der Waals surface area contributed by atoms with Crippen LogP contribution in [-0.4, -0.2) is 29.1 Å². The maximum atomic E-state index is 6.26. The van der Waals surface area contributed by atoms with Crippen LogP contribution in [-0.2, 0) is 4.74 Å². The molecule has 2 heterocycles. The van der Waals surface area contributed by atoms with E-state index >= 15 is 0 Å². The Kier molecular flexibility index (Phi) is 5.90. The second-order valence-corrected chi connectivity index (χ2v) is 6.79. The monoisotopic (exact) mass is 350 g/mol. The van der Waals surface area contributed by atoms with Crippen LogP contribution in [0.15, 0.2) is 48.7 Å². The first-order valence-electron chi connectivity index (χ1n) is 7.91. The van der Waals surface area contributed by atoms with Crippen LogP contribution in [0.4, 0.5) is 0 Å². The van der Waals surface area contributed by atoms with Gasteiger partial charge < -0.3 is 4.74 Å². The molecule has 1 aliphatic heterocycles. The van der Waals surface area contributed by atoms with Crippen molar-refractivity contribution >= 4 is 23.4 Å². The molecular formula is C18H20Cl2N2O. The number of halogens is 2. The predicted octanol–water partition coefficient (Wildman–Crippen LogP) is 4.71. The van der Waals surface area contributed by atoms with E-state index in [1.165, 1.54) is 0 Å². The molecule has 0 spiro atoms. The molecule has 1 aromatic heterocycles. The van der Waals surface area contributed by atoms with Crippen molar-refractivity contribution in [2.24, 2.45) is 5.92 Å². The Balaban J connectivity index is 1.72. The molecule has 1 aliphatic rings. The van der Waals surface area contributed by atoms with E-state index in [9.17, 15) is 0 Å². The molecule has 1 atom stereocenters. The van der Waals surface area contributed by atoms with Gasteiger partial charge in [-0.2, -0.15) is 0 Å². The highest BCUT2D eigenvalue weighted by molar-refractivity contribution is 6.30. The summed E-state index contributed by atoms with van der Waals surface area (Å²) in [7, 11) is 0. The number of pyridine rings is 1. The predicted molar refractivity (Wildman–Crippen MR) is 93.6 cm³/mol. The average molecular weight is 351 g/mol. The molecule has 23 heavy (non-hydrogen) atoms. The van der Waals surface area contributed by atoms with Gasteiger partial charge in [0.15, 0.2) is 0 Å². The molecule has 1 unspecified atom stereocenters. The summed E-state index contributed by atoms with van der Waals surface area (Å²) in [5.41, 5.74) is 1.99. The van der Waals surface area contributed by atoms with Gasteiger partial charge in [0.05, 0.1) is 12.3 Å². The van der Waals surface area contributed by atoms with E-state index in [2.05, 4.69) is 4.98 Å². The van der Waals surface area contributed by atoms with Crippen molar-refractivity contribution in [3.63, 3.8) is 0 Å². The van der Waals surface area contributed by atoms with Crippen molar-refractivity contribution in [2.45, 2.75) is 18.9 Å². The van der Waals surface area contributed by atoms with Gasteiger partial charge in [0.1, 0.15) is 6.10 Å². The minimum atomic E-state index is -0.164. The zero-order chi connectivity index (χ0) is 16.1. The summed E-state index contributed by atoms with van der Waals surface area (Å²) < 4.78 is 8.11. The standard InChI is InChI=1S/C18H20Cl2N2O/c19-16-6-4-15(5-7-16)18(17-3-1-2-10-21-17)23-13-14-8-11-22(20)12-9-14/h1-7,10,14,18H,8-9,11-13H2. The van der Waals surface area contributed by atoms with Crippen molar-refractivity contribution in [1.29, 1.82) is 0 Å². The highest BCUT2D eigenvalue weighted by atomic mass is 35.5. The fourth-order valence-corrected chi connectivity index (χ4v) is 3.14. The second kappa shape index (κ2) is 8.11. The van der Waals surface area contributed by atoms with Gasteiger partial charge in [0.2, 0.25) is 0 Å². The molecule has 0 saturated carbocycles. The molecule has 0 N–H and O–H groups in total. The lowest BCUT2D eigenvalue weighted by Gasteiger charge is -2.28. The topological polar surface area (TPSA) is 25.4 Å². The fourth-order valence-electron chi connectivity index (χ4n) is 2.82. The number of hydrogen-bond acceptors (Lipinski definition) is 3. The summed E-state index contributed by atoms with van der Waals surface area (Å²) in [4.78, 5) is 4.47. The maximum Gasteiger partial charge on any atom is 0.124 e. The molecule has 2 aromatic rings. The zero-order valence-electron chi connectivity index (χ0n) is 12.9. The van der Waals surface area contributed by atoms with Crippen molar-refractivity contribution in [3.05, 3.63) is 64.9 Å². The average Bonchev–Trinajstić information content (AvgIpc) is 2.59.